The Morgan fingerprint density at radius 3 is 2.48 bits per heavy atom. The average molecular weight is 306 g/mol. The highest BCUT2D eigenvalue weighted by atomic mass is 32.2. The van der Waals surface area contributed by atoms with Gasteiger partial charge in [0.2, 0.25) is 10.0 Å². The zero-order valence-electron chi connectivity index (χ0n) is 11.2. The minimum absolute atomic E-state index is 0.0299. The van der Waals surface area contributed by atoms with Crippen LogP contribution < -0.4 is 10.5 Å². The third-order valence-electron chi connectivity index (χ3n) is 2.95. The van der Waals surface area contributed by atoms with Crippen molar-refractivity contribution in [1.82, 2.24) is 0 Å². The molecule has 0 aliphatic heterocycles. The summed E-state index contributed by atoms with van der Waals surface area (Å²) in [7, 11) is -3.85. The van der Waals surface area contributed by atoms with Gasteiger partial charge in [-0.3, -0.25) is 4.79 Å². The van der Waals surface area contributed by atoms with E-state index in [0.29, 0.717) is 11.3 Å². The molecule has 2 aromatic carbocycles. The molecule has 0 atom stereocenters. The predicted octanol–water partition coefficient (Wildman–Crippen LogP) is 1.60. The Bertz CT molecular complexity index is 800. The number of primary sulfonamides is 1. The van der Waals surface area contributed by atoms with E-state index >= 15 is 0 Å². The van der Waals surface area contributed by atoms with Crippen LogP contribution in [0.2, 0.25) is 0 Å². The average Bonchev–Trinajstić information content (AvgIpc) is 2.39. The maximum Gasteiger partial charge on any atom is 0.255 e. The van der Waals surface area contributed by atoms with Crippen LogP contribution >= 0.6 is 0 Å². The van der Waals surface area contributed by atoms with Gasteiger partial charge in [0.15, 0.2) is 0 Å². The number of hydrogen-bond acceptors (Lipinski definition) is 4. The second-order valence-corrected chi connectivity index (χ2v) is 6.01. The molecule has 0 radical (unpaired) electrons. The van der Waals surface area contributed by atoms with Crippen molar-refractivity contribution < 1.29 is 18.3 Å². The Morgan fingerprint density at radius 2 is 1.86 bits per heavy atom. The highest BCUT2D eigenvalue weighted by Gasteiger charge is 2.15. The maximum atomic E-state index is 12.1. The van der Waals surface area contributed by atoms with Crippen LogP contribution in [-0.2, 0) is 10.0 Å². The maximum absolute atomic E-state index is 12.1. The molecule has 0 heterocycles. The molecule has 0 aromatic heterocycles. The lowest BCUT2D eigenvalue weighted by Gasteiger charge is -2.11. The molecule has 6 nitrogen and oxygen atoms in total. The second-order valence-electron chi connectivity index (χ2n) is 4.48. The van der Waals surface area contributed by atoms with Crippen molar-refractivity contribution in [1.29, 1.82) is 0 Å². The summed E-state index contributed by atoms with van der Waals surface area (Å²) in [6.45, 7) is 1.55. The summed E-state index contributed by atoms with van der Waals surface area (Å²) < 4.78 is 22.9. The van der Waals surface area contributed by atoms with Crippen molar-refractivity contribution >= 4 is 21.6 Å². The van der Waals surface area contributed by atoms with E-state index in [9.17, 15) is 18.3 Å². The molecule has 0 saturated heterocycles. The number of rotatable bonds is 3. The summed E-state index contributed by atoms with van der Waals surface area (Å²) in [4.78, 5) is 12.0. The summed E-state index contributed by atoms with van der Waals surface area (Å²) in [5.74, 6) is -0.488. The van der Waals surface area contributed by atoms with Crippen molar-refractivity contribution in [3.8, 4) is 5.75 Å². The molecule has 0 fully saturated rings. The molecule has 1 amide bonds. The second kappa shape index (κ2) is 5.55. The zero-order chi connectivity index (χ0) is 15.6. The molecule has 4 N–H and O–H groups in total. The number of carbonyl (C=O) groups excluding carboxylic acids is 1. The Balaban J connectivity index is 2.35. The first kappa shape index (κ1) is 15.0. The summed E-state index contributed by atoms with van der Waals surface area (Å²) in [5.41, 5.74) is 0.957. The third-order valence-corrected chi connectivity index (χ3v) is 4.00. The first-order valence-electron chi connectivity index (χ1n) is 6.02. The van der Waals surface area contributed by atoms with E-state index in [2.05, 4.69) is 5.32 Å². The highest BCUT2D eigenvalue weighted by Crippen LogP contribution is 2.23. The van der Waals surface area contributed by atoms with Gasteiger partial charge in [-0.1, -0.05) is 12.1 Å². The molecule has 0 saturated carbocycles. The Hall–Kier alpha value is -2.38. The van der Waals surface area contributed by atoms with Crippen LogP contribution in [0, 0.1) is 6.92 Å². The number of sulfonamides is 1. The fraction of sp³-hybridized carbons (Fsp3) is 0.0714. The number of carbonyl (C=O) groups is 1. The standard InChI is InChI=1S/C14H14N2O4S/c1-9-12(6-3-7-13(9)21(15,19)20)16-14(18)10-4-2-5-11(17)8-10/h2-8,17H,1H3,(H,16,18)(H2,15,19,20). The van der Waals surface area contributed by atoms with Crippen LogP contribution in [0.5, 0.6) is 5.75 Å². The molecule has 0 spiro atoms. The van der Waals surface area contributed by atoms with Gasteiger partial charge in [-0.25, -0.2) is 13.6 Å². The molecule has 0 aliphatic rings. The van der Waals surface area contributed by atoms with Gasteiger partial charge < -0.3 is 10.4 Å². The molecule has 0 unspecified atom stereocenters. The van der Waals surface area contributed by atoms with Gasteiger partial charge in [0.1, 0.15) is 5.75 Å². The number of anilines is 1. The fourth-order valence-electron chi connectivity index (χ4n) is 1.90. The smallest absolute Gasteiger partial charge is 0.255 e. The summed E-state index contributed by atoms with van der Waals surface area (Å²) in [5, 5.41) is 17.1. The van der Waals surface area contributed by atoms with E-state index in [1.165, 1.54) is 36.4 Å². The van der Waals surface area contributed by atoms with Crippen LogP contribution in [0.1, 0.15) is 15.9 Å². The topological polar surface area (TPSA) is 109 Å². The zero-order valence-corrected chi connectivity index (χ0v) is 12.0. The number of phenolic OH excluding ortho intramolecular Hbond substituents is 1. The van der Waals surface area contributed by atoms with Crippen molar-refractivity contribution in [2.24, 2.45) is 5.14 Å². The van der Waals surface area contributed by atoms with Gasteiger partial charge in [-0.2, -0.15) is 0 Å². The quantitative estimate of drug-likeness (QED) is 0.800. The summed E-state index contributed by atoms with van der Waals surface area (Å²) >= 11 is 0. The Morgan fingerprint density at radius 1 is 1.19 bits per heavy atom. The van der Waals surface area contributed by atoms with Crippen LogP contribution in [0.25, 0.3) is 0 Å². The number of aromatic hydroxyl groups is 1. The SMILES string of the molecule is Cc1c(NC(=O)c2cccc(O)c2)cccc1S(N)(=O)=O. The Kier molecular flexibility index (Phi) is 3.97. The van der Waals surface area contributed by atoms with Gasteiger partial charge in [0.05, 0.1) is 4.90 Å². The van der Waals surface area contributed by atoms with E-state index in [4.69, 9.17) is 5.14 Å². The number of phenols is 1. The minimum Gasteiger partial charge on any atom is -0.508 e. The van der Waals surface area contributed by atoms with Crippen molar-refractivity contribution in [2.75, 3.05) is 5.32 Å². The molecular formula is C14H14N2O4S. The number of hydrogen-bond donors (Lipinski definition) is 3. The molecular weight excluding hydrogens is 292 g/mol. The molecule has 7 heteroatoms. The molecule has 2 aromatic rings. The lowest BCUT2D eigenvalue weighted by Crippen LogP contribution is -2.17. The monoisotopic (exact) mass is 306 g/mol. The first-order chi connectivity index (χ1) is 9.79. The van der Waals surface area contributed by atoms with Crippen LogP contribution in [0.4, 0.5) is 5.69 Å². The number of amides is 1. The third kappa shape index (κ3) is 3.39. The normalized spacial score (nSPS) is 11.1. The fourth-order valence-corrected chi connectivity index (χ4v) is 2.70. The number of nitrogens with two attached hydrogens (primary N) is 1. The van der Waals surface area contributed by atoms with Crippen molar-refractivity contribution in [3.63, 3.8) is 0 Å². The van der Waals surface area contributed by atoms with Gasteiger partial charge in [0.25, 0.3) is 5.91 Å². The molecule has 21 heavy (non-hydrogen) atoms. The van der Waals surface area contributed by atoms with E-state index in [1.807, 2.05) is 0 Å². The van der Waals surface area contributed by atoms with Gasteiger partial charge in [-0.05, 0) is 42.8 Å². The highest BCUT2D eigenvalue weighted by molar-refractivity contribution is 7.89. The van der Waals surface area contributed by atoms with Crippen LogP contribution in [0.15, 0.2) is 47.4 Å². The number of benzene rings is 2. The van der Waals surface area contributed by atoms with Gasteiger partial charge >= 0.3 is 0 Å². The predicted molar refractivity (Wildman–Crippen MR) is 78.6 cm³/mol. The molecule has 110 valence electrons. The van der Waals surface area contributed by atoms with Crippen LogP contribution in [0.3, 0.4) is 0 Å². The van der Waals surface area contributed by atoms with Crippen molar-refractivity contribution in [2.45, 2.75) is 11.8 Å². The van der Waals surface area contributed by atoms with Gasteiger partial charge in [-0.15, -0.1) is 0 Å². The minimum atomic E-state index is -3.85. The Labute approximate surface area is 122 Å². The van der Waals surface area contributed by atoms with E-state index in [-0.39, 0.29) is 16.2 Å². The lowest BCUT2D eigenvalue weighted by molar-refractivity contribution is 0.102. The molecule has 0 bridgehead atoms. The summed E-state index contributed by atoms with van der Waals surface area (Å²) in [6.07, 6.45) is 0. The van der Waals surface area contributed by atoms with Crippen LogP contribution in [-0.4, -0.2) is 19.4 Å². The van der Waals surface area contributed by atoms with E-state index in [0.717, 1.165) is 0 Å². The number of nitrogens with one attached hydrogen (secondary N) is 1. The first-order valence-corrected chi connectivity index (χ1v) is 7.56. The lowest BCUT2D eigenvalue weighted by atomic mass is 10.1. The largest absolute Gasteiger partial charge is 0.508 e. The van der Waals surface area contributed by atoms with Crippen molar-refractivity contribution in [3.05, 3.63) is 53.6 Å². The van der Waals surface area contributed by atoms with E-state index in [1.54, 1.807) is 13.0 Å². The molecule has 0 aliphatic carbocycles. The summed E-state index contributed by atoms with van der Waals surface area (Å²) in [6, 6.07) is 10.3. The van der Waals surface area contributed by atoms with Gasteiger partial charge in [0, 0.05) is 11.3 Å². The van der Waals surface area contributed by atoms with E-state index < -0.39 is 15.9 Å². The molecule has 2 rings (SSSR count).